The second-order valence-electron chi connectivity index (χ2n) is 5.84. The summed E-state index contributed by atoms with van der Waals surface area (Å²) >= 11 is 1.67. The van der Waals surface area contributed by atoms with E-state index in [0.717, 1.165) is 43.1 Å². The van der Waals surface area contributed by atoms with Crippen molar-refractivity contribution in [2.75, 3.05) is 13.1 Å². The summed E-state index contributed by atoms with van der Waals surface area (Å²) in [7, 11) is 0. The van der Waals surface area contributed by atoms with Crippen molar-refractivity contribution in [1.29, 1.82) is 0 Å². The summed E-state index contributed by atoms with van der Waals surface area (Å²) in [6.45, 7) is 2.79. The summed E-state index contributed by atoms with van der Waals surface area (Å²) in [4.78, 5) is 8.29. The first kappa shape index (κ1) is 13.9. The van der Waals surface area contributed by atoms with Gasteiger partial charge in [0.25, 0.3) is 0 Å². The summed E-state index contributed by atoms with van der Waals surface area (Å²) in [5, 5.41) is 11.8. The molecule has 1 aromatic carbocycles. The molecule has 1 aliphatic heterocycles. The van der Waals surface area contributed by atoms with E-state index in [0.29, 0.717) is 0 Å². The number of imidazole rings is 1. The highest BCUT2D eigenvalue weighted by molar-refractivity contribution is 7.15. The summed E-state index contributed by atoms with van der Waals surface area (Å²) in [6.07, 6.45) is 3.71. The van der Waals surface area contributed by atoms with Crippen LogP contribution in [0.5, 0.6) is 0 Å². The smallest absolute Gasteiger partial charge is 0.194 e. The van der Waals surface area contributed by atoms with E-state index in [1.807, 2.05) is 6.07 Å². The van der Waals surface area contributed by atoms with E-state index < -0.39 is 0 Å². The Labute approximate surface area is 133 Å². The zero-order valence-corrected chi connectivity index (χ0v) is 13.2. The molecule has 22 heavy (non-hydrogen) atoms. The van der Waals surface area contributed by atoms with Gasteiger partial charge in [0.1, 0.15) is 0 Å². The van der Waals surface area contributed by atoms with E-state index in [9.17, 15) is 5.11 Å². The first-order chi connectivity index (χ1) is 10.8. The van der Waals surface area contributed by atoms with Crippen LogP contribution in [-0.4, -0.2) is 38.6 Å². The molecular weight excluding hydrogens is 294 g/mol. The molecule has 0 unspecified atom stereocenters. The third-order valence-electron chi connectivity index (χ3n) is 4.34. The Morgan fingerprint density at radius 3 is 2.73 bits per heavy atom. The number of aliphatic hydroxyl groups is 1. The van der Waals surface area contributed by atoms with Crippen molar-refractivity contribution in [2.45, 2.75) is 25.5 Å². The molecule has 0 saturated carbocycles. The maximum absolute atomic E-state index is 9.68. The number of hydrogen-bond acceptors (Lipinski definition) is 4. The lowest BCUT2D eigenvalue weighted by atomic mass is 10.1. The third kappa shape index (κ3) is 2.56. The van der Waals surface area contributed by atoms with Crippen LogP contribution in [0.1, 0.15) is 18.5 Å². The Morgan fingerprint density at radius 2 is 1.95 bits per heavy atom. The fraction of sp³-hybridized carbons (Fsp3) is 0.353. The Balaban J connectivity index is 1.70. The molecule has 4 rings (SSSR count). The molecule has 0 spiro atoms. The molecule has 0 bridgehead atoms. The Hall–Kier alpha value is -1.69. The van der Waals surface area contributed by atoms with Gasteiger partial charge in [0, 0.05) is 36.8 Å². The molecule has 1 saturated heterocycles. The van der Waals surface area contributed by atoms with Crippen LogP contribution < -0.4 is 0 Å². The number of likely N-dealkylation sites (tertiary alicyclic amines) is 1. The van der Waals surface area contributed by atoms with Crippen LogP contribution in [0.2, 0.25) is 0 Å². The van der Waals surface area contributed by atoms with E-state index in [4.69, 9.17) is 4.98 Å². The molecule has 3 heterocycles. The highest BCUT2D eigenvalue weighted by atomic mass is 32.1. The monoisotopic (exact) mass is 313 g/mol. The lowest BCUT2D eigenvalue weighted by molar-refractivity contribution is 0.0786. The van der Waals surface area contributed by atoms with Gasteiger partial charge in [-0.1, -0.05) is 30.3 Å². The van der Waals surface area contributed by atoms with Crippen molar-refractivity contribution in [2.24, 2.45) is 0 Å². The quantitative estimate of drug-likeness (QED) is 0.808. The SMILES string of the molecule is OC1CCN(Cc2c(-c3ccccc3)nc3sccn23)CC1. The zero-order valence-electron chi connectivity index (χ0n) is 12.4. The molecule has 1 fully saturated rings. The molecule has 0 atom stereocenters. The van der Waals surface area contributed by atoms with Gasteiger partial charge in [0.15, 0.2) is 4.96 Å². The second-order valence-corrected chi connectivity index (χ2v) is 6.71. The number of rotatable bonds is 3. The van der Waals surface area contributed by atoms with Crippen LogP contribution in [0.25, 0.3) is 16.2 Å². The van der Waals surface area contributed by atoms with Gasteiger partial charge < -0.3 is 5.11 Å². The average molecular weight is 313 g/mol. The first-order valence-electron chi connectivity index (χ1n) is 7.71. The van der Waals surface area contributed by atoms with Crippen molar-refractivity contribution in [3.8, 4) is 11.3 Å². The van der Waals surface area contributed by atoms with Crippen molar-refractivity contribution >= 4 is 16.3 Å². The van der Waals surface area contributed by atoms with Crippen LogP contribution in [-0.2, 0) is 6.54 Å². The van der Waals surface area contributed by atoms with Crippen LogP contribution >= 0.6 is 11.3 Å². The largest absolute Gasteiger partial charge is 0.393 e. The third-order valence-corrected chi connectivity index (χ3v) is 5.10. The van der Waals surface area contributed by atoms with E-state index >= 15 is 0 Å². The van der Waals surface area contributed by atoms with Gasteiger partial charge in [0.05, 0.1) is 17.5 Å². The summed E-state index contributed by atoms with van der Waals surface area (Å²) < 4.78 is 2.21. The highest BCUT2D eigenvalue weighted by Gasteiger charge is 2.21. The molecule has 0 amide bonds. The van der Waals surface area contributed by atoms with Gasteiger partial charge in [-0.25, -0.2) is 4.98 Å². The van der Waals surface area contributed by atoms with Crippen molar-refractivity contribution in [3.63, 3.8) is 0 Å². The maximum atomic E-state index is 9.68. The second kappa shape index (κ2) is 5.83. The molecular formula is C17H19N3OS. The normalized spacial score (nSPS) is 17.3. The van der Waals surface area contributed by atoms with Gasteiger partial charge in [-0.05, 0) is 12.8 Å². The number of hydrogen-bond donors (Lipinski definition) is 1. The van der Waals surface area contributed by atoms with Gasteiger partial charge in [0.2, 0.25) is 0 Å². The minimum atomic E-state index is -0.128. The number of aromatic nitrogens is 2. The molecule has 3 aromatic rings. The van der Waals surface area contributed by atoms with Crippen LogP contribution in [0.4, 0.5) is 0 Å². The summed E-state index contributed by atoms with van der Waals surface area (Å²) in [5.74, 6) is 0. The number of nitrogens with zero attached hydrogens (tertiary/aromatic N) is 3. The van der Waals surface area contributed by atoms with Gasteiger partial charge in [-0.15, -0.1) is 11.3 Å². The van der Waals surface area contributed by atoms with Gasteiger partial charge in [-0.3, -0.25) is 9.30 Å². The molecule has 4 nitrogen and oxygen atoms in total. The molecule has 5 heteroatoms. The Bertz CT molecular complexity index is 757. The van der Waals surface area contributed by atoms with E-state index in [1.54, 1.807) is 11.3 Å². The first-order valence-corrected chi connectivity index (χ1v) is 8.59. The lowest BCUT2D eigenvalue weighted by Crippen LogP contribution is -2.35. The zero-order chi connectivity index (χ0) is 14.9. The fourth-order valence-corrected chi connectivity index (χ4v) is 3.83. The molecule has 1 aliphatic rings. The molecule has 1 N–H and O–H groups in total. The Morgan fingerprint density at radius 1 is 1.18 bits per heavy atom. The number of piperidine rings is 1. The molecule has 114 valence electrons. The minimum Gasteiger partial charge on any atom is -0.393 e. The number of fused-ring (bicyclic) bond motifs is 1. The lowest BCUT2D eigenvalue weighted by Gasteiger charge is -2.29. The van der Waals surface area contributed by atoms with E-state index in [1.165, 1.54) is 11.3 Å². The van der Waals surface area contributed by atoms with Gasteiger partial charge in [-0.2, -0.15) is 0 Å². The van der Waals surface area contributed by atoms with Crippen LogP contribution in [0.3, 0.4) is 0 Å². The summed E-state index contributed by atoms with van der Waals surface area (Å²) in [6, 6.07) is 10.4. The molecule has 0 aliphatic carbocycles. The van der Waals surface area contributed by atoms with Crippen molar-refractivity contribution in [3.05, 3.63) is 47.6 Å². The van der Waals surface area contributed by atoms with E-state index in [2.05, 4.69) is 45.1 Å². The predicted molar refractivity (Wildman–Crippen MR) is 89.0 cm³/mol. The van der Waals surface area contributed by atoms with Gasteiger partial charge >= 0.3 is 0 Å². The average Bonchev–Trinajstić information content (AvgIpc) is 3.13. The maximum Gasteiger partial charge on any atom is 0.194 e. The van der Waals surface area contributed by atoms with Crippen molar-refractivity contribution < 1.29 is 5.11 Å². The van der Waals surface area contributed by atoms with Crippen molar-refractivity contribution in [1.82, 2.24) is 14.3 Å². The Kier molecular flexibility index (Phi) is 3.70. The molecule has 0 radical (unpaired) electrons. The van der Waals surface area contributed by atoms with Crippen LogP contribution in [0.15, 0.2) is 41.9 Å². The standard InChI is InChI=1S/C17H19N3OS/c21-14-6-8-19(9-7-14)12-15-16(13-4-2-1-3-5-13)18-17-20(15)10-11-22-17/h1-5,10-11,14,21H,6-9,12H2. The topological polar surface area (TPSA) is 40.8 Å². The number of benzene rings is 1. The summed E-state index contributed by atoms with van der Waals surface area (Å²) in [5.41, 5.74) is 3.50. The number of aliphatic hydroxyl groups excluding tert-OH is 1. The predicted octanol–water partition coefficient (Wildman–Crippen LogP) is 3.02. The van der Waals surface area contributed by atoms with Crippen LogP contribution in [0, 0.1) is 0 Å². The van der Waals surface area contributed by atoms with E-state index in [-0.39, 0.29) is 6.10 Å². The minimum absolute atomic E-state index is 0.128. The highest BCUT2D eigenvalue weighted by Crippen LogP contribution is 2.28. The molecule has 2 aromatic heterocycles. The number of thiazole rings is 1. The fourth-order valence-electron chi connectivity index (χ4n) is 3.10.